The van der Waals surface area contributed by atoms with Crippen molar-refractivity contribution in [1.29, 1.82) is 0 Å². The Hall–Kier alpha value is 2.21. The Balaban J connectivity index is -0.000000211. The van der Waals surface area contributed by atoms with Gasteiger partial charge in [0.15, 0.2) is 0 Å². The van der Waals surface area contributed by atoms with Crippen molar-refractivity contribution in [1.82, 2.24) is 0 Å². The Kier molecular flexibility index (Phi) is 12.0. The van der Waals surface area contributed by atoms with Crippen molar-refractivity contribution in [3.63, 3.8) is 0 Å². The second-order valence-electron chi connectivity index (χ2n) is 3.81. The molecule has 0 heterocycles. The average Bonchev–Trinajstić information content (AvgIpc) is 2.03. The molecule has 3 unspecified atom stereocenters. The van der Waals surface area contributed by atoms with Gasteiger partial charge in [0.2, 0.25) is 0 Å². The van der Waals surface area contributed by atoms with Gasteiger partial charge in [0.25, 0.3) is 0 Å². The number of hydrogen-bond acceptors (Lipinski definition) is 2. The summed E-state index contributed by atoms with van der Waals surface area (Å²) in [6, 6.07) is 0. The molecule has 1 aliphatic carbocycles. The SMILES string of the molecule is CC1CCC(C(=O)O)C(C(=O)O)C1.[H-].[H-].[K+].[K+]. The van der Waals surface area contributed by atoms with Crippen LogP contribution in [0.15, 0.2) is 0 Å². The molecule has 6 heteroatoms. The van der Waals surface area contributed by atoms with Crippen LogP contribution < -0.4 is 103 Å². The van der Waals surface area contributed by atoms with Gasteiger partial charge in [-0.25, -0.2) is 0 Å². The molecule has 1 rings (SSSR count). The van der Waals surface area contributed by atoms with E-state index in [9.17, 15) is 9.59 Å². The molecule has 2 N–H and O–H groups in total. The summed E-state index contributed by atoms with van der Waals surface area (Å²) in [6.07, 6.45) is 1.81. The van der Waals surface area contributed by atoms with Crippen molar-refractivity contribution in [2.45, 2.75) is 26.2 Å². The standard InChI is InChI=1S/C9H14O4.2K.2H/c1-5-2-3-6(8(10)11)7(4-5)9(12)13;;;;/h5-7H,2-4H2,1H3,(H,10,11)(H,12,13);;;;/q;2*+1;2*-1. The molecule has 0 amide bonds. The molecule has 4 nitrogen and oxygen atoms in total. The number of hydrogen-bond donors (Lipinski definition) is 2. The van der Waals surface area contributed by atoms with Crippen LogP contribution in [0.3, 0.4) is 0 Å². The summed E-state index contributed by atoms with van der Waals surface area (Å²) in [5, 5.41) is 17.6. The molecule has 0 bridgehead atoms. The van der Waals surface area contributed by atoms with Crippen LogP contribution in [-0.2, 0) is 9.59 Å². The maximum atomic E-state index is 10.8. The molecular weight excluding hydrogens is 250 g/mol. The predicted octanol–water partition coefficient (Wildman–Crippen LogP) is -4.56. The first-order chi connectivity index (χ1) is 6.02. The average molecular weight is 266 g/mol. The molecule has 0 radical (unpaired) electrons. The fourth-order valence-corrected chi connectivity index (χ4v) is 1.95. The second kappa shape index (κ2) is 9.18. The molecule has 0 aromatic rings. The van der Waals surface area contributed by atoms with Gasteiger partial charge in [0, 0.05) is 0 Å². The fourth-order valence-electron chi connectivity index (χ4n) is 1.95. The van der Waals surface area contributed by atoms with Gasteiger partial charge < -0.3 is 13.1 Å². The Morgan fingerprint density at radius 1 is 1.07 bits per heavy atom. The summed E-state index contributed by atoms with van der Waals surface area (Å²) >= 11 is 0. The van der Waals surface area contributed by atoms with E-state index in [0.717, 1.165) is 6.42 Å². The van der Waals surface area contributed by atoms with E-state index in [-0.39, 0.29) is 106 Å². The van der Waals surface area contributed by atoms with Gasteiger partial charge in [0.05, 0.1) is 11.8 Å². The molecule has 1 saturated carbocycles. The molecule has 0 aliphatic heterocycles. The summed E-state index contributed by atoms with van der Waals surface area (Å²) < 4.78 is 0. The molecule has 0 aromatic heterocycles. The number of carboxylic acids is 2. The first kappa shape index (κ1) is 19.6. The van der Waals surface area contributed by atoms with Crippen LogP contribution in [0.1, 0.15) is 29.0 Å². The monoisotopic (exact) mass is 266 g/mol. The van der Waals surface area contributed by atoms with Crippen molar-refractivity contribution in [2.24, 2.45) is 17.8 Å². The molecule has 0 saturated heterocycles. The summed E-state index contributed by atoms with van der Waals surface area (Å²) in [4.78, 5) is 21.5. The summed E-state index contributed by atoms with van der Waals surface area (Å²) in [5.41, 5.74) is 0. The molecule has 0 aromatic carbocycles. The maximum absolute atomic E-state index is 10.8. The van der Waals surface area contributed by atoms with E-state index in [4.69, 9.17) is 10.2 Å². The van der Waals surface area contributed by atoms with Crippen LogP contribution >= 0.6 is 0 Å². The third kappa shape index (κ3) is 6.08. The normalized spacial score (nSPS) is 29.5. The minimum Gasteiger partial charge on any atom is -1.00 e. The topological polar surface area (TPSA) is 74.6 Å². The third-order valence-electron chi connectivity index (χ3n) is 2.75. The zero-order valence-corrected chi connectivity index (χ0v) is 15.8. The summed E-state index contributed by atoms with van der Waals surface area (Å²) in [5.74, 6) is -3.00. The van der Waals surface area contributed by atoms with Crippen molar-refractivity contribution >= 4 is 11.9 Å². The van der Waals surface area contributed by atoms with E-state index in [2.05, 4.69) is 0 Å². The van der Waals surface area contributed by atoms with Crippen LogP contribution in [0.4, 0.5) is 0 Å². The summed E-state index contributed by atoms with van der Waals surface area (Å²) in [6.45, 7) is 1.97. The number of carboxylic acid groups (broad SMARTS) is 2. The number of carbonyl (C=O) groups is 2. The van der Waals surface area contributed by atoms with Crippen LogP contribution in [0, 0.1) is 17.8 Å². The van der Waals surface area contributed by atoms with E-state index in [1.165, 1.54) is 0 Å². The van der Waals surface area contributed by atoms with Gasteiger partial charge in [-0.2, -0.15) is 0 Å². The smallest absolute Gasteiger partial charge is 1.00 e. The predicted molar refractivity (Wildman–Crippen MR) is 47.5 cm³/mol. The minimum absolute atomic E-state index is 0. The number of aliphatic carboxylic acids is 2. The Bertz CT molecular complexity index is 241. The van der Waals surface area contributed by atoms with E-state index < -0.39 is 23.8 Å². The maximum Gasteiger partial charge on any atom is 1.00 e. The minimum atomic E-state index is -0.973. The van der Waals surface area contributed by atoms with Crippen LogP contribution in [0.2, 0.25) is 0 Å². The van der Waals surface area contributed by atoms with Gasteiger partial charge in [-0.1, -0.05) is 6.92 Å². The Morgan fingerprint density at radius 2 is 1.53 bits per heavy atom. The van der Waals surface area contributed by atoms with Crippen molar-refractivity contribution < 1.29 is 125 Å². The first-order valence-corrected chi connectivity index (χ1v) is 4.48. The van der Waals surface area contributed by atoms with Crippen molar-refractivity contribution in [2.75, 3.05) is 0 Å². The third-order valence-corrected chi connectivity index (χ3v) is 2.75. The molecule has 1 aliphatic rings. The van der Waals surface area contributed by atoms with E-state index in [0.29, 0.717) is 18.8 Å². The Labute approximate surface area is 177 Å². The summed E-state index contributed by atoms with van der Waals surface area (Å²) in [7, 11) is 0. The molecule has 0 spiro atoms. The fraction of sp³-hybridized carbons (Fsp3) is 0.778. The quantitative estimate of drug-likeness (QED) is 0.494. The van der Waals surface area contributed by atoms with Gasteiger partial charge in [-0.15, -0.1) is 0 Å². The molecule has 78 valence electrons. The van der Waals surface area contributed by atoms with Crippen molar-refractivity contribution in [3.05, 3.63) is 0 Å². The van der Waals surface area contributed by atoms with Crippen LogP contribution in [-0.4, -0.2) is 22.2 Å². The zero-order chi connectivity index (χ0) is 10.0. The zero-order valence-electron chi connectivity index (χ0n) is 11.6. The van der Waals surface area contributed by atoms with Crippen LogP contribution in [0.5, 0.6) is 0 Å². The molecule has 15 heavy (non-hydrogen) atoms. The van der Waals surface area contributed by atoms with E-state index in [1.54, 1.807) is 0 Å². The van der Waals surface area contributed by atoms with Crippen molar-refractivity contribution in [3.8, 4) is 0 Å². The molecular formula is C9H16K2O4. The second-order valence-corrected chi connectivity index (χ2v) is 3.81. The van der Waals surface area contributed by atoms with Gasteiger partial charge in [-0.3, -0.25) is 9.59 Å². The van der Waals surface area contributed by atoms with E-state index in [1.807, 2.05) is 6.92 Å². The molecule has 1 fully saturated rings. The van der Waals surface area contributed by atoms with Gasteiger partial charge >= 0.3 is 115 Å². The first-order valence-electron chi connectivity index (χ1n) is 4.48. The van der Waals surface area contributed by atoms with Crippen LogP contribution in [0.25, 0.3) is 0 Å². The molecule has 3 atom stereocenters. The Morgan fingerprint density at radius 3 is 1.93 bits per heavy atom. The van der Waals surface area contributed by atoms with Gasteiger partial charge in [-0.05, 0) is 25.2 Å². The number of rotatable bonds is 2. The van der Waals surface area contributed by atoms with E-state index >= 15 is 0 Å². The van der Waals surface area contributed by atoms with Gasteiger partial charge in [0.1, 0.15) is 0 Å². The largest absolute Gasteiger partial charge is 1.00 e.